The van der Waals surface area contributed by atoms with Gasteiger partial charge in [0.25, 0.3) is 0 Å². The molecule has 0 unspecified atom stereocenters. The number of alkyl halides is 3. The van der Waals surface area contributed by atoms with Crippen LogP contribution >= 0.6 is 0 Å². The van der Waals surface area contributed by atoms with Crippen LogP contribution < -0.4 is 10.6 Å². The Morgan fingerprint density at radius 3 is 2.52 bits per heavy atom. The van der Waals surface area contributed by atoms with Crippen molar-refractivity contribution in [3.63, 3.8) is 0 Å². The van der Waals surface area contributed by atoms with Gasteiger partial charge >= 0.3 is 12.2 Å². The standard InChI is InChI=1S/C16H8F5N3O/c17-10-4-5-11-12(13(10)18)15(16(19,20)21,24-14(25)23-11)7-6-9-3-1-2-8-22-9/h1-5,8H,(H2,23,24,25)/t15-/m0/s1. The number of hydrogen-bond acceptors (Lipinski definition) is 2. The van der Waals surface area contributed by atoms with Crippen molar-refractivity contribution in [1.82, 2.24) is 10.3 Å². The Labute approximate surface area is 138 Å². The molecule has 1 aromatic carbocycles. The molecule has 25 heavy (non-hydrogen) atoms. The van der Waals surface area contributed by atoms with Gasteiger partial charge in [-0.25, -0.2) is 18.6 Å². The summed E-state index contributed by atoms with van der Waals surface area (Å²) in [5.74, 6) is 0.739. The summed E-state index contributed by atoms with van der Waals surface area (Å²) >= 11 is 0. The Bertz CT molecular complexity index is 902. The molecule has 1 aliphatic rings. The highest BCUT2D eigenvalue weighted by Gasteiger charge is 2.61. The van der Waals surface area contributed by atoms with E-state index in [2.05, 4.69) is 10.9 Å². The molecule has 128 valence electrons. The number of halogens is 5. The van der Waals surface area contributed by atoms with E-state index in [1.54, 1.807) is 5.32 Å². The predicted molar refractivity (Wildman–Crippen MR) is 77.4 cm³/mol. The number of nitrogens with one attached hydrogen (secondary N) is 2. The summed E-state index contributed by atoms with van der Waals surface area (Å²) < 4.78 is 69.2. The molecule has 1 aliphatic heterocycles. The zero-order valence-corrected chi connectivity index (χ0v) is 12.2. The highest BCUT2D eigenvalue weighted by Crippen LogP contribution is 2.45. The lowest BCUT2D eigenvalue weighted by molar-refractivity contribution is -0.179. The molecule has 1 atom stereocenters. The third kappa shape index (κ3) is 2.76. The number of urea groups is 1. The summed E-state index contributed by atoms with van der Waals surface area (Å²) in [6, 6.07) is 4.57. The number of hydrogen-bond donors (Lipinski definition) is 2. The number of fused-ring (bicyclic) bond motifs is 1. The number of amides is 2. The molecule has 0 aliphatic carbocycles. The quantitative estimate of drug-likeness (QED) is 0.564. The first-order valence-electron chi connectivity index (χ1n) is 6.83. The van der Waals surface area contributed by atoms with Gasteiger partial charge in [0.05, 0.1) is 11.3 Å². The Balaban J connectivity index is 2.30. The zero-order valence-electron chi connectivity index (χ0n) is 12.2. The first-order chi connectivity index (χ1) is 11.7. The van der Waals surface area contributed by atoms with E-state index in [4.69, 9.17) is 0 Å². The number of rotatable bonds is 0. The van der Waals surface area contributed by atoms with E-state index in [0.29, 0.717) is 6.07 Å². The van der Waals surface area contributed by atoms with Crippen LogP contribution in [0.25, 0.3) is 0 Å². The van der Waals surface area contributed by atoms with Gasteiger partial charge in [-0.15, -0.1) is 0 Å². The summed E-state index contributed by atoms with van der Waals surface area (Å²) in [7, 11) is 0. The molecule has 2 heterocycles. The number of pyridine rings is 1. The van der Waals surface area contributed by atoms with Crippen molar-refractivity contribution >= 4 is 11.7 Å². The Kier molecular flexibility index (Phi) is 3.83. The van der Waals surface area contributed by atoms with Crippen molar-refractivity contribution in [3.8, 4) is 11.8 Å². The van der Waals surface area contributed by atoms with E-state index >= 15 is 0 Å². The van der Waals surface area contributed by atoms with Gasteiger partial charge < -0.3 is 10.6 Å². The lowest BCUT2D eigenvalue weighted by Crippen LogP contribution is -2.59. The molecular formula is C16H8F5N3O. The monoisotopic (exact) mass is 353 g/mol. The number of carbonyl (C=O) groups excluding carboxylic acids is 1. The number of carbonyl (C=O) groups is 1. The van der Waals surface area contributed by atoms with Crippen molar-refractivity contribution in [2.75, 3.05) is 5.32 Å². The molecule has 0 radical (unpaired) electrons. The van der Waals surface area contributed by atoms with Gasteiger partial charge in [0.15, 0.2) is 11.6 Å². The van der Waals surface area contributed by atoms with Crippen molar-refractivity contribution in [2.45, 2.75) is 11.7 Å². The topological polar surface area (TPSA) is 54.0 Å². The molecule has 0 saturated heterocycles. The maximum Gasteiger partial charge on any atom is 0.427 e. The molecule has 0 fully saturated rings. The van der Waals surface area contributed by atoms with Crippen molar-refractivity contribution in [2.24, 2.45) is 0 Å². The lowest BCUT2D eigenvalue weighted by Gasteiger charge is -2.37. The molecular weight excluding hydrogens is 345 g/mol. The van der Waals surface area contributed by atoms with Crippen LogP contribution in [0.2, 0.25) is 0 Å². The van der Waals surface area contributed by atoms with Gasteiger partial charge in [-0.2, -0.15) is 13.2 Å². The van der Waals surface area contributed by atoms with Gasteiger partial charge in [-0.1, -0.05) is 12.0 Å². The highest BCUT2D eigenvalue weighted by molar-refractivity contribution is 5.94. The smallest absolute Gasteiger partial charge is 0.310 e. The van der Waals surface area contributed by atoms with E-state index in [0.717, 1.165) is 6.07 Å². The SMILES string of the molecule is O=C1Nc2ccc(F)c(F)c2[C@@](C#Cc2ccccn2)(C(F)(F)F)N1. The minimum absolute atomic E-state index is 0.0303. The summed E-state index contributed by atoms with van der Waals surface area (Å²) in [6.07, 6.45) is -3.92. The Morgan fingerprint density at radius 1 is 1.12 bits per heavy atom. The summed E-state index contributed by atoms with van der Waals surface area (Å²) in [5.41, 5.74) is -5.11. The van der Waals surface area contributed by atoms with Crippen LogP contribution in [0.1, 0.15) is 11.3 Å². The van der Waals surface area contributed by atoms with E-state index in [1.807, 2.05) is 11.2 Å². The minimum Gasteiger partial charge on any atom is -0.310 e. The first kappa shape index (κ1) is 16.7. The molecule has 0 spiro atoms. The summed E-state index contributed by atoms with van der Waals surface area (Å²) in [5, 5.41) is 3.59. The molecule has 2 N–H and O–H groups in total. The molecule has 3 rings (SSSR count). The van der Waals surface area contributed by atoms with Crippen LogP contribution in [0.4, 0.5) is 32.4 Å². The fourth-order valence-electron chi connectivity index (χ4n) is 2.38. The van der Waals surface area contributed by atoms with Crippen LogP contribution in [-0.2, 0) is 5.54 Å². The second kappa shape index (κ2) is 5.73. The summed E-state index contributed by atoms with van der Waals surface area (Å²) in [4.78, 5) is 15.4. The maximum absolute atomic E-state index is 14.2. The second-order valence-electron chi connectivity index (χ2n) is 5.08. The summed E-state index contributed by atoms with van der Waals surface area (Å²) in [6.45, 7) is 0. The molecule has 1 aromatic heterocycles. The van der Waals surface area contributed by atoms with Gasteiger partial charge in [-0.3, -0.25) is 0 Å². The fraction of sp³-hybridized carbons (Fsp3) is 0.125. The minimum atomic E-state index is -5.23. The van der Waals surface area contributed by atoms with Crippen LogP contribution in [0, 0.1) is 23.5 Å². The van der Waals surface area contributed by atoms with Crippen molar-refractivity contribution in [3.05, 3.63) is 59.4 Å². The third-order valence-electron chi connectivity index (χ3n) is 3.49. The Morgan fingerprint density at radius 2 is 1.88 bits per heavy atom. The first-order valence-corrected chi connectivity index (χ1v) is 6.83. The number of anilines is 1. The van der Waals surface area contributed by atoms with E-state index in [-0.39, 0.29) is 5.69 Å². The maximum atomic E-state index is 14.2. The van der Waals surface area contributed by atoms with E-state index in [9.17, 15) is 26.7 Å². The molecule has 9 heteroatoms. The normalized spacial score (nSPS) is 19.2. The largest absolute Gasteiger partial charge is 0.427 e. The van der Waals surface area contributed by atoms with E-state index in [1.165, 1.54) is 24.4 Å². The average Bonchev–Trinajstić information content (AvgIpc) is 2.56. The lowest BCUT2D eigenvalue weighted by atomic mass is 9.86. The van der Waals surface area contributed by atoms with Crippen molar-refractivity contribution in [1.29, 1.82) is 0 Å². The molecule has 4 nitrogen and oxygen atoms in total. The molecule has 0 saturated carbocycles. The fourth-order valence-corrected chi connectivity index (χ4v) is 2.38. The second-order valence-corrected chi connectivity index (χ2v) is 5.08. The van der Waals surface area contributed by atoms with E-state index < -0.39 is 40.6 Å². The van der Waals surface area contributed by atoms with Crippen LogP contribution in [0.3, 0.4) is 0 Å². The van der Waals surface area contributed by atoms with Gasteiger partial charge in [0.2, 0.25) is 5.54 Å². The van der Waals surface area contributed by atoms with Crippen LogP contribution in [0.5, 0.6) is 0 Å². The van der Waals surface area contributed by atoms with Gasteiger partial charge in [-0.05, 0) is 30.2 Å². The van der Waals surface area contributed by atoms with Gasteiger partial charge in [0.1, 0.15) is 5.69 Å². The van der Waals surface area contributed by atoms with Crippen molar-refractivity contribution < 1.29 is 26.7 Å². The zero-order chi connectivity index (χ0) is 18.2. The Hall–Kier alpha value is -3.15. The highest BCUT2D eigenvalue weighted by atomic mass is 19.4. The average molecular weight is 353 g/mol. The number of benzene rings is 1. The van der Waals surface area contributed by atoms with Crippen LogP contribution in [0.15, 0.2) is 36.5 Å². The number of nitrogens with zero attached hydrogens (tertiary/aromatic N) is 1. The predicted octanol–water partition coefficient (Wildman–Crippen LogP) is 3.30. The molecule has 0 bridgehead atoms. The van der Waals surface area contributed by atoms with Crippen LogP contribution in [-0.4, -0.2) is 17.2 Å². The molecule has 2 amide bonds. The number of aromatic nitrogens is 1. The third-order valence-corrected chi connectivity index (χ3v) is 3.49. The van der Waals surface area contributed by atoms with Gasteiger partial charge in [0, 0.05) is 6.20 Å². The molecule has 2 aromatic rings.